The number of nitrogens with one attached hydrogen (secondary N) is 3. The molecule has 1 aromatic heterocycles. The van der Waals surface area contributed by atoms with Gasteiger partial charge in [-0.25, -0.2) is 9.18 Å². The zero-order valence-electron chi connectivity index (χ0n) is 15.9. The highest BCUT2D eigenvalue weighted by Gasteiger charge is 2.24. The SMILES string of the molecule is O=C(CC[C@H]1CCCN(C(=O)Cc2c[nH]c(=O)[nH]c2=O)C1)Nc1ccccc1F. The van der Waals surface area contributed by atoms with Crippen LogP contribution in [0.3, 0.4) is 0 Å². The standard InChI is InChI=1S/C20H23FN4O4/c21-15-5-1-2-6-16(15)23-17(26)8-7-13-4-3-9-25(12-13)18(27)10-14-11-22-20(29)24-19(14)28/h1-2,5-6,11,13H,3-4,7-10,12H2,(H,23,26)(H2,22,24,28,29)/t13-/m1/s1. The molecular formula is C20H23FN4O4. The lowest BCUT2D eigenvalue weighted by molar-refractivity contribution is -0.132. The zero-order chi connectivity index (χ0) is 20.8. The van der Waals surface area contributed by atoms with Gasteiger partial charge in [0.1, 0.15) is 5.82 Å². The summed E-state index contributed by atoms with van der Waals surface area (Å²) in [5.74, 6) is -0.776. The van der Waals surface area contributed by atoms with Crippen LogP contribution >= 0.6 is 0 Å². The van der Waals surface area contributed by atoms with Crippen LogP contribution in [0.1, 0.15) is 31.2 Å². The average Bonchev–Trinajstić information content (AvgIpc) is 2.70. The second-order valence-corrected chi connectivity index (χ2v) is 7.19. The Bertz CT molecular complexity index is 1000. The van der Waals surface area contributed by atoms with Gasteiger partial charge in [0.2, 0.25) is 11.8 Å². The van der Waals surface area contributed by atoms with Crippen LogP contribution in [-0.2, 0) is 16.0 Å². The summed E-state index contributed by atoms with van der Waals surface area (Å²) in [6, 6.07) is 6.00. The maximum Gasteiger partial charge on any atom is 0.325 e. The lowest BCUT2D eigenvalue weighted by atomic mass is 9.93. The number of hydrogen-bond donors (Lipinski definition) is 3. The Morgan fingerprint density at radius 2 is 2.03 bits per heavy atom. The molecule has 1 aromatic carbocycles. The van der Waals surface area contributed by atoms with E-state index in [2.05, 4.69) is 15.3 Å². The summed E-state index contributed by atoms with van der Waals surface area (Å²) >= 11 is 0. The van der Waals surface area contributed by atoms with Crippen LogP contribution in [0.15, 0.2) is 40.1 Å². The van der Waals surface area contributed by atoms with E-state index in [1.807, 2.05) is 0 Å². The molecule has 1 saturated heterocycles. The van der Waals surface area contributed by atoms with Gasteiger partial charge in [0.15, 0.2) is 0 Å². The molecule has 0 bridgehead atoms. The third-order valence-electron chi connectivity index (χ3n) is 5.04. The van der Waals surface area contributed by atoms with Gasteiger partial charge >= 0.3 is 5.69 Å². The molecule has 1 aliphatic rings. The minimum atomic E-state index is -0.613. The predicted molar refractivity (Wildman–Crippen MR) is 105 cm³/mol. The van der Waals surface area contributed by atoms with Gasteiger partial charge in [-0.1, -0.05) is 12.1 Å². The van der Waals surface area contributed by atoms with Crippen LogP contribution < -0.4 is 16.6 Å². The van der Waals surface area contributed by atoms with Crippen molar-refractivity contribution in [2.24, 2.45) is 5.92 Å². The minimum Gasteiger partial charge on any atom is -0.342 e. The maximum absolute atomic E-state index is 13.6. The fraction of sp³-hybridized carbons (Fsp3) is 0.400. The Labute approximate surface area is 166 Å². The molecule has 2 amide bonds. The van der Waals surface area contributed by atoms with E-state index in [1.54, 1.807) is 17.0 Å². The van der Waals surface area contributed by atoms with Gasteiger partial charge in [-0.05, 0) is 37.3 Å². The van der Waals surface area contributed by atoms with E-state index in [9.17, 15) is 23.6 Å². The number of rotatable bonds is 6. The highest BCUT2D eigenvalue weighted by atomic mass is 19.1. The molecule has 154 valence electrons. The first-order chi connectivity index (χ1) is 13.9. The Morgan fingerprint density at radius 1 is 1.24 bits per heavy atom. The van der Waals surface area contributed by atoms with Crippen molar-refractivity contribution in [1.29, 1.82) is 0 Å². The first-order valence-corrected chi connectivity index (χ1v) is 9.55. The number of carbonyl (C=O) groups excluding carboxylic acids is 2. The first-order valence-electron chi connectivity index (χ1n) is 9.55. The number of halogens is 1. The third-order valence-corrected chi connectivity index (χ3v) is 5.04. The van der Waals surface area contributed by atoms with Crippen molar-refractivity contribution in [3.05, 3.63) is 62.7 Å². The monoisotopic (exact) mass is 402 g/mol. The lowest BCUT2D eigenvalue weighted by Crippen LogP contribution is -2.41. The van der Waals surface area contributed by atoms with Crippen LogP contribution in [0.25, 0.3) is 0 Å². The van der Waals surface area contributed by atoms with E-state index >= 15 is 0 Å². The number of para-hydroxylation sites is 1. The van der Waals surface area contributed by atoms with Crippen molar-refractivity contribution in [3.8, 4) is 0 Å². The molecule has 0 aliphatic carbocycles. The van der Waals surface area contributed by atoms with Crippen LogP contribution in [-0.4, -0.2) is 39.8 Å². The zero-order valence-corrected chi connectivity index (χ0v) is 15.9. The van der Waals surface area contributed by atoms with Gasteiger partial charge in [0.05, 0.1) is 12.1 Å². The molecule has 29 heavy (non-hydrogen) atoms. The molecule has 0 saturated carbocycles. The topological polar surface area (TPSA) is 115 Å². The van der Waals surface area contributed by atoms with Crippen molar-refractivity contribution in [2.45, 2.75) is 32.1 Å². The summed E-state index contributed by atoms with van der Waals surface area (Å²) in [5, 5.41) is 2.57. The number of hydrogen-bond acceptors (Lipinski definition) is 4. The van der Waals surface area contributed by atoms with Gasteiger partial charge in [0.25, 0.3) is 5.56 Å². The third kappa shape index (κ3) is 5.63. The van der Waals surface area contributed by atoms with E-state index in [1.165, 1.54) is 18.3 Å². The van der Waals surface area contributed by atoms with Crippen molar-refractivity contribution < 1.29 is 14.0 Å². The molecule has 0 radical (unpaired) electrons. The van der Waals surface area contributed by atoms with Crippen molar-refractivity contribution in [3.63, 3.8) is 0 Å². The number of aromatic nitrogens is 2. The summed E-state index contributed by atoms with van der Waals surface area (Å²) in [6.07, 6.45) is 3.70. The van der Waals surface area contributed by atoms with E-state index in [4.69, 9.17) is 0 Å². The van der Waals surface area contributed by atoms with Crippen molar-refractivity contribution >= 4 is 17.5 Å². The molecular weight excluding hydrogens is 379 g/mol. The predicted octanol–water partition coefficient (Wildman–Crippen LogP) is 1.40. The molecule has 8 nitrogen and oxygen atoms in total. The Kier molecular flexibility index (Phi) is 6.58. The fourth-order valence-electron chi connectivity index (χ4n) is 3.48. The number of piperidine rings is 1. The second kappa shape index (κ2) is 9.31. The Hall–Kier alpha value is -3.23. The number of likely N-dealkylation sites (tertiary alicyclic amines) is 1. The molecule has 0 unspecified atom stereocenters. The van der Waals surface area contributed by atoms with Crippen LogP contribution in [0, 0.1) is 11.7 Å². The lowest BCUT2D eigenvalue weighted by Gasteiger charge is -2.32. The highest BCUT2D eigenvalue weighted by Crippen LogP contribution is 2.22. The van der Waals surface area contributed by atoms with E-state index in [0.29, 0.717) is 19.5 Å². The van der Waals surface area contributed by atoms with Gasteiger partial charge in [0, 0.05) is 31.3 Å². The first kappa shape index (κ1) is 20.5. The summed E-state index contributed by atoms with van der Waals surface area (Å²) < 4.78 is 13.6. The fourth-order valence-corrected chi connectivity index (χ4v) is 3.48. The summed E-state index contributed by atoms with van der Waals surface area (Å²) in [6.45, 7) is 1.10. The van der Waals surface area contributed by atoms with Crippen LogP contribution in [0.5, 0.6) is 0 Å². The molecule has 1 aliphatic heterocycles. The van der Waals surface area contributed by atoms with Gasteiger partial charge in [-0.2, -0.15) is 0 Å². The number of H-pyrrole nitrogens is 2. The Morgan fingerprint density at radius 3 is 2.79 bits per heavy atom. The number of nitrogens with zero attached hydrogens (tertiary/aromatic N) is 1. The number of aromatic amines is 2. The number of anilines is 1. The molecule has 2 aromatic rings. The number of benzene rings is 1. The van der Waals surface area contributed by atoms with Gasteiger partial charge in [-0.3, -0.25) is 19.4 Å². The molecule has 2 heterocycles. The van der Waals surface area contributed by atoms with Crippen molar-refractivity contribution in [1.82, 2.24) is 14.9 Å². The van der Waals surface area contributed by atoms with E-state index in [0.717, 1.165) is 12.8 Å². The molecule has 9 heteroatoms. The molecule has 3 rings (SSSR count). The smallest absolute Gasteiger partial charge is 0.325 e. The molecule has 3 N–H and O–H groups in total. The number of amides is 2. The molecule has 1 atom stereocenters. The molecule has 0 spiro atoms. The summed E-state index contributed by atoms with van der Waals surface area (Å²) in [7, 11) is 0. The second-order valence-electron chi connectivity index (χ2n) is 7.19. The molecule has 1 fully saturated rings. The maximum atomic E-state index is 13.6. The van der Waals surface area contributed by atoms with Crippen LogP contribution in [0.2, 0.25) is 0 Å². The normalized spacial score (nSPS) is 16.4. The highest BCUT2D eigenvalue weighted by molar-refractivity contribution is 5.90. The quantitative estimate of drug-likeness (QED) is 0.677. The van der Waals surface area contributed by atoms with Gasteiger partial charge in [-0.15, -0.1) is 0 Å². The average molecular weight is 402 g/mol. The summed E-state index contributed by atoms with van der Waals surface area (Å²) in [5.41, 5.74) is -0.816. The largest absolute Gasteiger partial charge is 0.342 e. The Balaban J connectivity index is 1.50. The minimum absolute atomic E-state index is 0.0907. The summed E-state index contributed by atoms with van der Waals surface area (Å²) in [4.78, 5) is 53.6. The van der Waals surface area contributed by atoms with Crippen LogP contribution in [0.4, 0.5) is 10.1 Å². The van der Waals surface area contributed by atoms with E-state index < -0.39 is 17.1 Å². The van der Waals surface area contributed by atoms with E-state index in [-0.39, 0.29) is 41.8 Å². The van der Waals surface area contributed by atoms with Crippen molar-refractivity contribution in [2.75, 3.05) is 18.4 Å². The number of carbonyl (C=O) groups is 2. The van der Waals surface area contributed by atoms with Gasteiger partial charge < -0.3 is 15.2 Å².